The maximum Gasteiger partial charge on any atom is 0.308 e. The van der Waals surface area contributed by atoms with Crippen LogP contribution in [0.4, 0.5) is 5.69 Å². The standard InChI is InChI=1S/C17H15NO4/c18-9-5-6-11-10-3-1-2-4-12(10)16(13(11)7-9)14(17(21)22)8-15(19)20/h1-7,14,16H,8,18H2,(H,19,20)(H,21,22). The average molecular weight is 297 g/mol. The largest absolute Gasteiger partial charge is 0.481 e. The fourth-order valence-corrected chi connectivity index (χ4v) is 3.23. The van der Waals surface area contributed by atoms with E-state index in [0.29, 0.717) is 5.69 Å². The first-order chi connectivity index (χ1) is 10.5. The van der Waals surface area contributed by atoms with Crippen molar-refractivity contribution in [2.24, 2.45) is 5.92 Å². The molecule has 4 N–H and O–H groups in total. The van der Waals surface area contributed by atoms with E-state index >= 15 is 0 Å². The van der Waals surface area contributed by atoms with Crippen molar-refractivity contribution in [2.45, 2.75) is 12.3 Å². The molecular formula is C17H15NO4. The van der Waals surface area contributed by atoms with Crippen LogP contribution in [0.15, 0.2) is 42.5 Å². The summed E-state index contributed by atoms with van der Waals surface area (Å²) in [5.41, 5.74) is 9.88. The Labute approximate surface area is 127 Å². The molecule has 2 atom stereocenters. The summed E-state index contributed by atoms with van der Waals surface area (Å²) in [6, 6.07) is 12.9. The third kappa shape index (κ3) is 2.20. The van der Waals surface area contributed by atoms with Gasteiger partial charge in [-0.2, -0.15) is 0 Å². The highest BCUT2D eigenvalue weighted by atomic mass is 16.4. The van der Waals surface area contributed by atoms with Crippen molar-refractivity contribution in [1.29, 1.82) is 0 Å². The van der Waals surface area contributed by atoms with Crippen molar-refractivity contribution in [2.75, 3.05) is 5.73 Å². The Morgan fingerprint density at radius 1 is 1.05 bits per heavy atom. The smallest absolute Gasteiger partial charge is 0.308 e. The molecule has 0 amide bonds. The molecular weight excluding hydrogens is 282 g/mol. The minimum atomic E-state index is -1.12. The number of aliphatic carboxylic acids is 2. The second-order valence-corrected chi connectivity index (χ2v) is 5.45. The Balaban J connectivity index is 2.20. The first kappa shape index (κ1) is 14.1. The van der Waals surface area contributed by atoms with E-state index in [-0.39, 0.29) is 0 Å². The van der Waals surface area contributed by atoms with Gasteiger partial charge in [0.05, 0.1) is 12.3 Å². The lowest BCUT2D eigenvalue weighted by atomic mass is 9.82. The van der Waals surface area contributed by atoms with E-state index < -0.39 is 30.2 Å². The molecule has 22 heavy (non-hydrogen) atoms. The number of carboxylic acids is 2. The highest BCUT2D eigenvalue weighted by Crippen LogP contribution is 2.49. The normalized spacial score (nSPS) is 16.6. The van der Waals surface area contributed by atoms with Crippen LogP contribution in [0.3, 0.4) is 0 Å². The van der Waals surface area contributed by atoms with Crippen LogP contribution in [-0.2, 0) is 9.59 Å². The summed E-state index contributed by atoms with van der Waals surface area (Å²) in [4.78, 5) is 22.7. The van der Waals surface area contributed by atoms with Gasteiger partial charge in [0.2, 0.25) is 0 Å². The van der Waals surface area contributed by atoms with Gasteiger partial charge in [0.25, 0.3) is 0 Å². The number of rotatable bonds is 4. The van der Waals surface area contributed by atoms with Gasteiger partial charge in [0, 0.05) is 11.6 Å². The summed E-state index contributed by atoms with van der Waals surface area (Å²) >= 11 is 0. The molecule has 0 saturated heterocycles. The lowest BCUT2D eigenvalue weighted by Gasteiger charge is -2.20. The summed E-state index contributed by atoms with van der Waals surface area (Å²) in [7, 11) is 0. The third-order valence-corrected chi connectivity index (χ3v) is 4.11. The van der Waals surface area contributed by atoms with Crippen molar-refractivity contribution in [3.8, 4) is 11.1 Å². The van der Waals surface area contributed by atoms with Crippen molar-refractivity contribution in [1.82, 2.24) is 0 Å². The Bertz CT molecular complexity index is 769. The van der Waals surface area contributed by atoms with Gasteiger partial charge in [0.15, 0.2) is 0 Å². The molecule has 0 spiro atoms. The van der Waals surface area contributed by atoms with Crippen molar-refractivity contribution in [3.63, 3.8) is 0 Å². The zero-order valence-electron chi connectivity index (χ0n) is 11.7. The molecule has 5 nitrogen and oxygen atoms in total. The van der Waals surface area contributed by atoms with Crippen molar-refractivity contribution in [3.05, 3.63) is 53.6 Å². The molecule has 0 fully saturated rings. The minimum absolute atomic E-state index is 0.428. The molecule has 0 bridgehead atoms. The van der Waals surface area contributed by atoms with Crippen LogP contribution in [0.2, 0.25) is 0 Å². The Morgan fingerprint density at radius 2 is 1.73 bits per heavy atom. The van der Waals surface area contributed by atoms with E-state index in [9.17, 15) is 14.7 Å². The van der Waals surface area contributed by atoms with Crippen LogP contribution >= 0.6 is 0 Å². The molecule has 0 radical (unpaired) electrons. The summed E-state index contributed by atoms with van der Waals surface area (Å²) in [6.45, 7) is 0. The molecule has 0 heterocycles. The maximum atomic E-state index is 11.6. The Morgan fingerprint density at radius 3 is 2.41 bits per heavy atom. The third-order valence-electron chi connectivity index (χ3n) is 4.11. The molecule has 2 aromatic carbocycles. The molecule has 0 aliphatic heterocycles. The molecule has 3 rings (SSSR count). The van der Waals surface area contributed by atoms with Crippen LogP contribution in [0.25, 0.3) is 11.1 Å². The van der Waals surface area contributed by atoms with Gasteiger partial charge in [-0.15, -0.1) is 0 Å². The number of nitrogens with two attached hydrogens (primary N) is 1. The van der Waals surface area contributed by atoms with E-state index in [0.717, 1.165) is 22.3 Å². The number of benzene rings is 2. The van der Waals surface area contributed by atoms with Crippen molar-refractivity contribution >= 4 is 17.6 Å². The quantitative estimate of drug-likeness (QED) is 0.753. The topological polar surface area (TPSA) is 101 Å². The van der Waals surface area contributed by atoms with Crippen LogP contribution in [0, 0.1) is 5.92 Å². The first-order valence-corrected chi connectivity index (χ1v) is 6.92. The number of hydrogen-bond acceptors (Lipinski definition) is 3. The molecule has 112 valence electrons. The fourth-order valence-electron chi connectivity index (χ4n) is 3.23. The summed E-state index contributed by atoms with van der Waals surface area (Å²) < 4.78 is 0. The van der Waals surface area contributed by atoms with Crippen LogP contribution in [-0.4, -0.2) is 22.2 Å². The Hall–Kier alpha value is -2.82. The highest BCUT2D eigenvalue weighted by Gasteiger charge is 2.39. The molecule has 2 aromatic rings. The first-order valence-electron chi connectivity index (χ1n) is 6.92. The predicted molar refractivity (Wildman–Crippen MR) is 81.5 cm³/mol. The van der Waals surface area contributed by atoms with Gasteiger partial charge in [-0.05, 0) is 34.4 Å². The number of nitrogen functional groups attached to an aromatic ring is 1. The van der Waals surface area contributed by atoms with E-state index in [2.05, 4.69) is 0 Å². The van der Waals surface area contributed by atoms with E-state index in [4.69, 9.17) is 10.8 Å². The van der Waals surface area contributed by atoms with Gasteiger partial charge in [-0.25, -0.2) is 0 Å². The fraction of sp³-hybridized carbons (Fsp3) is 0.176. The van der Waals surface area contributed by atoms with Gasteiger partial charge in [-0.3, -0.25) is 9.59 Å². The second-order valence-electron chi connectivity index (χ2n) is 5.45. The molecule has 1 aliphatic carbocycles. The SMILES string of the molecule is Nc1ccc2c(c1)C(C(CC(=O)O)C(=O)O)c1ccccc1-2. The highest BCUT2D eigenvalue weighted by molar-refractivity contribution is 5.86. The van der Waals surface area contributed by atoms with Gasteiger partial charge < -0.3 is 15.9 Å². The molecule has 2 unspecified atom stereocenters. The van der Waals surface area contributed by atoms with Crippen LogP contribution in [0.1, 0.15) is 23.5 Å². The minimum Gasteiger partial charge on any atom is -0.481 e. The van der Waals surface area contributed by atoms with E-state index in [1.165, 1.54) is 0 Å². The molecule has 5 heteroatoms. The molecule has 0 aromatic heterocycles. The zero-order valence-corrected chi connectivity index (χ0v) is 11.7. The number of carboxylic acid groups (broad SMARTS) is 2. The van der Waals surface area contributed by atoms with Gasteiger partial charge in [-0.1, -0.05) is 30.3 Å². The predicted octanol–water partition coefficient (Wildman–Crippen LogP) is 2.56. The van der Waals surface area contributed by atoms with Crippen molar-refractivity contribution < 1.29 is 19.8 Å². The Kier molecular flexibility index (Phi) is 3.33. The monoisotopic (exact) mass is 297 g/mol. The van der Waals surface area contributed by atoms with E-state index in [1.807, 2.05) is 30.3 Å². The maximum absolute atomic E-state index is 11.6. The lowest BCUT2D eigenvalue weighted by molar-refractivity contribution is -0.148. The summed E-state index contributed by atoms with van der Waals surface area (Å²) in [5, 5.41) is 18.6. The zero-order chi connectivity index (χ0) is 15.9. The lowest BCUT2D eigenvalue weighted by Crippen LogP contribution is -2.24. The molecule has 0 saturated carbocycles. The summed E-state index contributed by atoms with van der Waals surface area (Å²) in [5.74, 6) is -3.76. The summed E-state index contributed by atoms with van der Waals surface area (Å²) in [6.07, 6.45) is -0.428. The van der Waals surface area contributed by atoms with Gasteiger partial charge in [0.1, 0.15) is 0 Å². The second kappa shape index (κ2) is 5.18. The number of carbonyl (C=O) groups is 2. The number of anilines is 1. The van der Waals surface area contributed by atoms with Gasteiger partial charge >= 0.3 is 11.9 Å². The molecule has 1 aliphatic rings. The van der Waals surface area contributed by atoms with Crippen LogP contribution < -0.4 is 5.73 Å². The average Bonchev–Trinajstić information content (AvgIpc) is 2.77. The van der Waals surface area contributed by atoms with E-state index in [1.54, 1.807) is 12.1 Å². The number of fused-ring (bicyclic) bond motifs is 3. The number of hydrogen-bond donors (Lipinski definition) is 3. The van der Waals surface area contributed by atoms with Crippen LogP contribution in [0.5, 0.6) is 0 Å².